The summed E-state index contributed by atoms with van der Waals surface area (Å²) >= 11 is 0. The number of esters is 1. The minimum absolute atomic E-state index is 0.0418. The number of nitrogens with one attached hydrogen (secondary N) is 1. The molecule has 22 nitrogen and oxygen atoms in total. The number of fused-ring (bicyclic) bond motifs is 5. The Labute approximate surface area is 448 Å². The topological polar surface area (TPSA) is 346 Å². The normalized spacial score (nSPS) is 54.1. The average molecular weight is 1090 g/mol. The number of epoxide rings is 1. The SMILES string of the molecule is CNc1ccccc1C(=O)O[C@H]1C[C@]2(C)[C@H](O)C[C@]3(C)[C@@]4(O[C@@H]4C[C@@H]4[C@@]5(C)CC[C@H](O[C@@H]6OC[C@H](O[C@@H]7O[C@@H](CO)[C@@H](O)[C@H](O)[C@@H]7O)[C@H](O)[C@@H]6O[C@@H]6O[C@@H](CO)[C@@H](O)[C@H](O)[C@H]6O)[C@@](C)(CO)[C@@H]5CC[C@]43C)[C@@H]2C[C@@]1(C)C=O. The van der Waals surface area contributed by atoms with E-state index in [4.69, 9.17) is 37.9 Å². The first-order valence-corrected chi connectivity index (χ1v) is 27.6. The third-order valence-electron chi connectivity index (χ3n) is 22.1. The molecule has 1 spiro atoms. The summed E-state index contributed by atoms with van der Waals surface area (Å²) in [7, 11) is 1.72. The highest BCUT2D eigenvalue weighted by Gasteiger charge is 2.86. The number of aliphatic hydroxyl groups excluding tert-OH is 11. The Morgan fingerprint density at radius 1 is 0.701 bits per heavy atom. The lowest BCUT2D eigenvalue weighted by Gasteiger charge is -2.73. The minimum atomic E-state index is -1.89. The molecule has 0 aromatic heterocycles. The predicted molar refractivity (Wildman–Crippen MR) is 266 cm³/mol. The number of hydrogen-bond donors (Lipinski definition) is 12. The smallest absolute Gasteiger partial charge is 0.340 e. The van der Waals surface area contributed by atoms with Crippen molar-refractivity contribution in [2.24, 2.45) is 50.2 Å². The van der Waals surface area contributed by atoms with E-state index in [2.05, 4.69) is 33.0 Å². The molecule has 5 aliphatic carbocycles. The van der Waals surface area contributed by atoms with E-state index in [1.807, 2.05) is 19.9 Å². The molecule has 77 heavy (non-hydrogen) atoms. The lowest BCUT2D eigenvalue weighted by molar-refractivity contribution is -0.383. The van der Waals surface area contributed by atoms with Crippen molar-refractivity contribution in [3.05, 3.63) is 29.8 Å². The van der Waals surface area contributed by atoms with Gasteiger partial charge in [0.2, 0.25) is 0 Å². The van der Waals surface area contributed by atoms with Crippen LogP contribution >= 0.6 is 0 Å². The molecule has 9 aliphatic rings. The lowest BCUT2D eigenvalue weighted by Crippen LogP contribution is -2.74. The first-order chi connectivity index (χ1) is 36.3. The van der Waals surface area contributed by atoms with Crippen LogP contribution in [-0.4, -0.2) is 218 Å². The maximum atomic E-state index is 13.8. The van der Waals surface area contributed by atoms with Crippen LogP contribution < -0.4 is 5.32 Å². The van der Waals surface area contributed by atoms with Gasteiger partial charge in [0.05, 0.1) is 55.7 Å². The van der Waals surface area contributed by atoms with Crippen molar-refractivity contribution >= 4 is 17.9 Å². The van der Waals surface area contributed by atoms with E-state index in [1.165, 1.54) is 0 Å². The van der Waals surface area contributed by atoms with Gasteiger partial charge in [0.25, 0.3) is 0 Å². The zero-order valence-electron chi connectivity index (χ0n) is 45.0. The van der Waals surface area contributed by atoms with Gasteiger partial charge in [-0.3, -0.25) is 0 Å². The van der Waals surface area contributed by atoms with E-state index >= 15 is 0 Å². The summed E-state index contributed by atoms with van der Waals surface area (Å²) in [5.41, 5.74) is -3.87. The van der Waals surface area contributed by atoms with Crippen molar-refractivity contribution in [2.45, 2.75) is 209 Å². The summed E-state index contributed by atoms with van der Waals surface area (Å²) in [6.07, 6.45) is -20.7. The fourth-order valence-electron chi connectivity index (χ4n) is 17.2. The van der Waals surface area contributed by atoms with Crippen LogP contribution in [0, 0.1) is 50.2 Å². The number of benzene rings is 1. The Bertz CT molecular complexity index is 2330. The van der Waals surface area contributed by atoms with Gasteiger partial charge in [0, 0.05) is 34.9 Å². The molecule has 9 fully saturated rings. The fourth-order valence-corrected chi connectivity index (χ4v) is 17.2. The molecule has 434 valence electrons. The lowest BCUT2D eigenvalue weighted by atomic mass is 9.31. The highest BCUT2D eigenvalue weighted by molar-refractivity contribution is 5.95. The number of anilines is 1. The van der Waals surface area contributed by atoms with Gasteiger partial charge < -0.3 is 104 Å². The van der Waals surface area contributed by atoms with Crippen LogP contribution in [0.25, 0.3) is 0 Å². The van der Waals surface area contributed by atoms with Gasteiger partial charge in [-0.2, -0.15) is 0 Å². The average Bonchev–Trinajstić information content (AvgIpc) is 4.08. The van der Waals surface area contributed by atoms with E-state index in [-0.39, 0.29) is 36.9 Å². The number of aldehydes is 1. The zero-order chi connectivity index (χ0) is 55.7. The molecule has 0 bridgehead atoms. The Morgan fingerprint density at radius 3 is 1.95 bits per heavy atom. The number of ether oxygens (including phenoxy) is 8. The van der Waals surface area contributed by atoms with E-state index in [0.29, 0.717) is 56.2 Å². The molecular formula is C55H83NO21. The van der Waals surface area contributed by atoms with Crippen molar-refractivity contribution in [3.63, 3.8) is 0 Å². The zero-order valence-corrected chi connectivity index (χ0v) is 45.0. The van der Waals surface area contributed by atoms with E-state index in [9.17, 15) is 65.8 Å². The first-order valence-electron chi connectivity index (χ1n) is 27.6. The molecular weight excluding hydrogens is 1010 g/mol. The van der Waals surface area contributed by atoms with Crippen LogP contribution in [0.2, 0.25) is 0 Å². The predicted octanol–water partition coefficient (Wildman–Crippen LogP) is -0.509. The van der Waals surface area contributed by atoms with E-state index < -0.39 is 168 Å². The summed E-state index contributed by atoms with van der Waals surface area (Å²) in [4.78, 5) is 27.2. The minimum Gasteiger partial charge on any atom is -0.458 e. The maximum Gasteiger partial charge on any atom is 0.340 e. The van der Waals surface area contributed by atoms with Crippen LogP contribution in [0.15, 0.2) is 24.3 Å². The quantitative estimate of drug-likeness (QED) is 0.0512. The molecule has 1 aromatic rings. The fraction of sp³-hybridized carbons (Fsp3) is 0.855. The number of carbonyl (C=O) groups excluding carboxylic acids is 2. The Hall–Kier alpha value is -2.56. The number of carbonyl (C=O) groups is 2. The van der Waals surface area contributed by atoms with Gasteiger partial charge in [-0.05, 0) is 93.1 Å². The largest absolute Gasteiger partial charge is 0.458 e. The summed E-state index contributed by atoms with van der Waals surface area (Å²) in [6, 6.07) is 7.04. The monoisotopic (exact) mass is 1090 g/mol. The second-order valence-corrected chi connectivity index (χ2v) is 25.7. The summed E-state index contributed by atoms with van der Waals surface area (Å²) in [5, 5.41) is 123. The summed E-state index contributed by atoms with van der Waals surface area (Å²) < 4.78 is 50.0. The van der Waals surface area contributed by atoms with Gasteiger partial charge in [-0.25, -0.2) is 4.79 Å². The van der Waals surface area contributed by atoms with Crippen LogP contribution in [0.4, 0.5) is 5.69 Å². The van der Waals surface area contributed by atoms with Gasteiger partial charge in [0.15, 0.2) is 18.9 Å². The van der Waals surface area contributed by atoms with Gasteiger partial charge >= 0.3 is 5.97 Å². The maximum absolute atomic E-state index is 13.8. The van der Waals surface area contributed by atoms with Crippen molar-refractivity contribution in [1.82, 2.24) is 0 Å². The van der Waals surface area contributed by atoms with Crippen molar-refractivity contribution < 1.29 is 104 Å². The van der Waals surface area contributed by atoms with E-state index in [1.54, 1.807) is 25.2 Å². The summed E-state index contributed by atoms with van der Waals surface area (Å²) in [5.74, 6) is -0.900. The number of hydrogen-bond acceptors (Lipinski definition) is 22. The van der Waals surface area contributed by atoms with Crippen molar-refractivity contribution in [1.29, 1.82) is 0 Å². The molecule has 5 saturated carbocycles. The molecule has 10 rings (SSSR count). The summed E-state index contributed by atoms with van der Waals surface area (Å²) in [6.45, 7) is 10.5. The molecule has 1 aromatic carbocycles. The van der Waals surface area contributed by atoms with Gasteiger partial charge in [-0.1, -0.05) is 46.8 Å². The van der Waals surface area contributed by atoms with Crippen molar-refractivity contribution in [3.8, 4) is 0 Å². The van der Waals surface area contributed by atoms with E-state index in [0.717, 1.165) is 6.29 Å². The molecule has 4 saturated heterocycles. The highest BCUT2D eigenvalue weighted by Crippen LogP contribution is 2.83. The second-order valence-electron chi connectivity index (χ2n) is 25.7. The number of aliphatic hydroxyl groups is 11. The second kappa shape index (κ2) is 20.4. The standard InChI is InChI=1S/C55H83NO21/c1-49(23-59)17-32-51(3,19-36(49)74-45(69)25-10-8-9-11-26(25)56-7)33(61)18-54(6)53(5)15-12-30-50(2,31(53)16-35-55(32,54)77-35)14-13-34(52(30,4)24-60)75-48-44(76-47-43(68)41(66)38(63)28(21-58)72-47)39(64)29(22-70-48)73-46-42(67)40(65)37(62)27(20-57)71-46/h8-11,23,27-44,46-48,56-58,60-68H,12-22,24H2,1-7H3/t27-,28-,29-,30+,31+,32+,33+,34-,35+,36-,37+,38+,39-,40-,41-,42-,43+,44-,46-,47-,48-,49-,50-,51-,52-,53+,54-,55+/m0/s1. The third kappa shape index (κ3) is 8.54. The van der Waals surface area contributed by atoms with Crippen molar-refractivity contribution in [2.75, 3.05) is 38.8 Å². The third-order valence-corrected chi connectivity index (χ3v) is 22.1. The Kier molecular flexibility index (Phi) is 15.3. The Balaban J connectivity index is 0.899. The molecule has 4 heterocycles. The number of para-hydroxylation sites is 1. The van der Waals surface area contributed by atoms with Gasteiger partial charge in [-0.15, -0.1) is 0 Å². The number of rotatable bonds is 13. The molecule has 22 heteroatoms. The Morgan fingerprint density at radius 2 is 1.34 bits per heavy atom. The van der Waals surface area contributed by atoms with Gasteiger partial charge in [0.1, 0.15) is 85.1 Å². The molecule has 12 N–H and O–H groups in total. The van der Waals surface area contributed by atoms with Crippen LogP contribution in [0.3, 0.4) is 0 Å². The molecule has 0 unspecified atom stereocenters. The molecule has 28 atom stereocenters. The molecule has 0 amide bonds. The van der Waals surface area contributed by atoms with Crippen LogP contribution in [0.1, 0.15) is 103 Å². The van der Waals surface area contributed by atoms with Crippen LogP contribution in [-0.2, 0) is 42.7 Å². The van der Waals surface area contributed by atoms with Crippen LogP contribution in [0.5, 0.6) is 0 Å². The molecule has 4 aliphatic heterocycles. The molecule has 0 radical (unpaired) electrons. The first kappa shape index (κ1) is 57.7. The highest BCUT2D eigenvalue weighted by atomic mass is 16.8.